The summed E-state index contributed by atoms with van der Waals surface area (Å²) in [5.41, 5.74) is 5.42. The smallest absolute Gasteiger partial charge is 0.217 e. The summed E-state index contributed by atoms with van der Waals surface area (Å²) in [5.74, 6) is -0.362. The molecule has 1 heterocycles. The molecule has 22 heavy (non-hydrogen) atoms. The van der Waals surface area contributed by atoms with Crippen molar-refractivity contribution in [2.75, 3.05) is 19.8 Å². The predicted octanol–water partition coefficient (Wildman–Crippen LogP) is -1.53. The van der Waals surface area contributed by atoms with Crippen molar-refractivity contribution in [1.82, 2.24) is 5.32 Å². The molecule has 1 fully saturated rings. The molecule has 0 aliphatic carbocycles. The number of aliphatic hydroxyl groups excluding tert-OH is 3. The molecule has 1 aliphatic heterocycles. The molecule has 0 bridgehead atoms. The molecule has 5 atom stereocenters. The van der Waals surface area contributed by atoms with Crippen LogP contribution in [0.4, 0.5) is 0 Å². The molecule has 1 amide bonds. The van der Waals surface area contributed by atoms with Crippen LogP contribution < -0.4 is 11.1 Å². The van der Waals surface area contributed by atoms with Crippen LogP contribution in [-0.4, -0.2) is 71.6 Å². The SMILES string of the molecule is CC(=O)NC1C(OCCCCCCN)OC(CO)C(O)C1O. The molecule has 8 nitrogen and oxygen atoms in total. The summed E-state index contributed by atoms with van der Waals surface area (Å²) in [6, 6.07) is -0.876. The van der Waals surface area contributed by atoms with E-state index in [2.05, 4.69) is 5.32 Å². The largest absolute Gasteiger partial charge is 0.394 e. The number of aliphatic hydroxyl groups is 3. The number of rotatable bonds is 9. The summed E-state index contributed by atoms with van der Waals surface area (Å²) < 4.78 is 11.0. The monoisotopic (exact) mass is 320 g/mol. The average molecular weight is 320 g/mol. The van der Waals surface area contributed by atoms with Gasteiger partial charge in [0, 0.05) is 13.5 Å². The Bertz CT molecular complexity index is 330. The maximum atomic E-state index is 11.2. The molecular formula is C14H28N2O6. The maximum absolute atomic E-state index is 11.2. The Morgan fingerprint density at radius 2 is 1.91 bits per heavy atom. The standard InChI is InChI=1S/C14H28N2O6/c1-9(18)16-11-13(20)12(19)10(8-17)22-14(11)21-7-5-3-2-4-6-15/h10-14,17,19-20H,2-8,15H2,1H3,(H,16,18). The summed E-state index contributed by atoms with van der Waals surface area (Å²) in [6.07, 6.45) is -0.662. The molecule has 1 rings (SSSR count). The van der Waals surface area contributed by atoms with Crippen molar-refractivity contribution in [3.8, 4) is 0 Å². The third-order valence-electron chi connectivity index (χ3n) is 3.63. The Labute approximate surface area is 130 Å². The van der Waals surface area contributed by atoms with Gasteiger partial charge in [-0.25, -0.2) is 0 Å². The van der Waals surface area contributed by atoms with Crippen LogP contribution in [0.5, 0.6) is 0 Å². The molecule has 0 radical (unpaired) electrons. The van der Waals surface area contributed by atoms with E-state index in [4.69, 9.17) is 15.2 Å². The minimum absolute atomic E-state index is 0.362. The molecule has 0 aromatic carbocycles. The number of ether oxygens (including phenoxy) is 2. The highest BCUT2D eigenvalue weighted by molar-refractivity contribution is 5.73. The van der Waals surface area contributed by atoms with Gasteiger partial charge in [0.1, 0.15) is 24.4 Å². The second kappa shape index (κ2) is 10.1. The van der Waals surface area contributed by atoms with Gasteiger partial charge in [0.25, 0.3) is 0 Å². The van der Waals surface area contributed by atoms with Crippen LogP contribution in [0.15, 0.2) is 0 Å². The number of carbonyl (C=O) groups excluding carboxylic acids is 1. The Morgan fingerprint density at radius 3 is 2.50 bits per heavy atom. The minimum Gasteiger partial charge on any atom is -0.394 e. The lowest BCUT2D eigenvalue weighted by molar-refractivity contribution is -0.270. The van der Waals surface area contributed by atoms with Crippen molar-refractivity contribution >= 4 is 5.91 Å². The van der Waals surface area contributed by atoms with E-state index < -0.39 is 37.3 Å². The molecule has 130 valence electrons. The van der Waals surface area contributed by atoms with Gasteiger partial charge in [0.15, 0.2) is 6.29 Å². The number of carbonyl (C=O) groups is 1. The van der Waals surface area contributed by atoms with Gasteiger partial charge in [-0.1, -0.05) is 12.8 Å². The van der Waals surface area contributed by atoms with E-state index in [0.29, 0.717) is 13.2 Å². The Morgan fingerprint density at radius 1 is 1.23 bits per heavy atom. The van der Waals surface area contributed by atoms with E-state index in [9.17, 15) is 20.1 Å². The van der Waals surface area contributed by atoms with Crippen molar-refractivity contribution in [2.45, 2.75) is 63.3 Å². The zero-order chi connectivity index (χ0) is 16.5. The second-order valence-electron chi connectivity index (χ2n) is 5.51. The number of unbranched alkanes of at least 4 members (excludes halogenated alkanes) is 3. The first-order chi connectivity index (χ1) is 10.5. The number of nitrogens with one attached hydrogen (secondary N) is 1. The minimum atomic E-state index is -1.29. The van der Waals surface area contributed by atoms with Crippen molar-refractivity contribution in [2.24, 2.45) is 5.73 Å². The fraction of sp³-hybridized carbons (Fsp3) is 0.929. The highest BCUT2D eigenvalue weighted by atomic mass is 16.7. The Balaban J connectivity index is 2.52. The Hall–Kier alpha value is -0.770. The Kier molecular flexibility index (Phi) is 8.84. The number of nitrogens with two attached hydrogens (primary N) is 1. The number of hydrogen-bond acceptors (Lipinski definition) is 7. The molecule has 8 heteroatoms. The van der Waals surface area contributed by atoms with Crippen molar-refractivity contribution < 1.29 is 29.6 Å². The lowest BCUT2D eigenvalue weighted by atomic mass is 9.97. The van der Waals surface area contributed by atoms with E-state index in [1.54, 1.807) is 0 Å². The van der Waals surface area contributed by atoms with Crippen LogP contribution in [0.2, 0.25) is 0 Å². The van der Waals surface area contributed by atoms with Crippen LogP contribution in [0.1, 0.15) is 32.6 Å². The normalized spacial score (nSPS) is 32.0. The van der Waals surface area contributed by atoms with Crippen LogP contribution in [0.25, 0.3) is 0 Å². The quantitative estimate of drug-likeness (QED) is 0.325. The van der Waals surface area contributed by atoms with Gasteiger partial charge >= 0.3 is 0 Å². The van der Waals surface area contributed by atoms with Crippen molar-refractivity contribution in [3.05, 3.63) is 0 Å². The average Bonchev–Trinajstić information content (AvgIpc) is 2.49. The van der Waals surface area contributed by atoms with Gasteiger partial charge in [-0.2, -0.15) is 0 Å². The van der Waals surface area contributed by atoms with E-state index in [0.717, 1.165) is 25.7 Å². The van der Waals surface area contributed by atoms with Gasteiger partial charge in [0.2, 0.25) is 5.91 Å². The zero-order valence-electron chi connectivity index (χ0n) is 13.0. The van der Waals surface area contributed by atoms with Crippen LogP contribution in [0, 0.1) is 0 Å². The fourth-order valence-electron chi connectivity index (χ4n) is 2.41. The molecule has 1 aliphatic rings. The molecule has 0 aromatic heterocycles. The first-order valence-corrected chi connectivity index (χ1v) is 7.72. The highest BCUT2D eigenvalue weighted by Gasteiger charge is 2.45. The molecule has 5 unspecified atom stereocenters. The molecule has 0 aromatic rings. The van der Waals surface area contributed by atoms with Crippen LogP contribution >= 0.6 is 0 Å². The van der Waals surface area contributed by atoms with Gasteiger partial charge in [-0.15, -0.1) is 0 Å². The van der Waals surface area contributed by atoms with E-state index in [1.165, 1.54) is 6.92 Å². The third kappa shape index (κ3) is 5.79. The van der Waals surface area contributed by atoms with Crippen LogP contribution in [-0.2, 0) is 14.3 Å². The summed E-state index contributed by atoms with van der Waals surface area (Å²) in [6.45, 7) is 1.92. The first-order valence-electron chi connectivity index (χ1n) is 7.72. The van der Waals surface area contributed by atoms with Gasteiger partial charge in [0.05, 0.1) is 6.61 Å². The summed E-state index contributed by atoms with van der Waals surface area (Å²) in [5, 5.41) is 31.6. The molecular weight excluding hydrogens is 292 g/mol. The van der Waals surface area contributed by atoms with Gasteiger partial charge in [-0.05, 0) is 19.4 Å². The first kappa shape index (κ1) is 19.3. The maximum Gasteiger partial charge on any atom is 0.217 e. The van der Waals surface area contributed by atoms with Crippen molar-refractivity contribution in [3.63, 3.8) is 0 Å². The molecule has 0 spiro atoms. The number of amides is 1. The highest BCUT2D eigenvalue weighted by Crippen LogP contribution is 2.22. The third-order valence-corrected chi connectivity index (χ3v) is 3.63. The topological polar surface area (TPSA) is 134 Å². The predicted molar refractivity (Wildman–Crippen MR) is 78.8 cm³/mol. The summed E-state index contributed by atoms with van der Waals surface area (Å²) in [4.78, 5) is 11.2. The van der Waals surface area contributed by atoms with Crippen molar-refractivity contribution in [1.29, 1.82) is 0 Å². The molecule has 0 saturated carbocycles. The fourth-order valence-corrected chi connectivity index (χ4v) is 2.41. The lowest BCUT2D eigenvalue weighted by Gasteiger charge is -2.42. The second-order valence-corrected chi connectivity index (χ2v) is 5.51. The summed E-state index contributed by atoms with van der Waals surface area (Å²) >= 11 is 0. The number of hydrogen-bond donors (Lipinski definition) is 5. The molecule has 6 N–H and O–H groups in total. The zero-order valence-corrected chi connectivity index (χ0v) is 13.0. The lowest BCUT2D eigenvalue weighted by Crippen LogP contribution is -2.64. The van der Waals surface area contributed by atoms with Gasteiger partial charge < -0.3 is 35.8 Å². The van der Waals surface area contributed by atoms with Crippen LogP contribution in [0.3, 0.4) is 0 Å². The van der Waals surface area contributed by atoms with E-state index in [1.807, 2.05) is 0 Å². The summed E-state index contributed by atoms with van der Waals surface area (Å²) in [7, 11) is 0. The van der Waals surface area contributed by atoms with Gasteiger partial charge in [-0.3, -0.25) is 4.79 Å². The van der Waals surface area contributed by atoms with E-state index in [-0.39, 0.29) is 5.91 Å². The van der Waals surface area contributed by atoms with E-state index >= 15 is 0 Å². The molecule has 1 saturated heterocycles.